The van der Waals surface area contributed by atoms with Crippen molar-refractivity contribution in [2.24, 2.45) is 27.9 Å². The van der Waals surface area contributed by atoms with E-state index < -0.39 is 90.5 Å². The van der Waals surface area contributed by atoms with Crippen LogP contribution in [0.2, 0.25) is 0 Å². The maximum Gasteiger partial charge on any atom is 0.410 e. The number of aromatic nitrogens is 6. The summed E-state index contributed by atoms with van der Waals surface area (Å²) in [6, 6.07) is 14.1. The average molecular weight is 1410 g/mol. The Labute approximate surface area is 588 Å². The van der Waals surface area contributed by atoms with Crippen LogP contribution >= 0.6 is 11.3 Å². The zero-order valence-corrected chi connectivity index (χ0v) is 58.5. The third-order valence-corrected chi connectivity index (χ3v) is 20.9. The van der Waals surface area contributed by atoms with Crippen LogP contribution in [-0.4, -0.2) is 186 Å². The van der Waals surface area contributed by atoms with Crippen LogP contribution in [-0.2, 0) is 57.8 Å². The normalized spacial score (nSPS) is 21.0. The van der Waals surface area contributed by atoms with Gasteiger partial charge >= 0.3 is 18.1 Å². The Morgan fingerprint density at radius 3 is 2.26 bits per heavy atom. The highest BCUT2D eigenvalue weighted by Gasteiger charge is 2.66. The predicted octanol–water partition coefficient (Wildman–Crippen LogP) is 6.96. The highest BCUT2D eigenvalue weighted by atomic mass is 32.1. The number of ether oxygens (including phenoxy) is 3. The van der Waals surface area contributed by atoms with Crippen molar-refractivity contribution in [1.82, 2.24) is 55.7 Å². The highest BCUT2D eigenvalue weighted by Crippen LogP contribution is 2.72. The molecule has 0 saturated heterocycles. The Kier molecular flexibility index (Phi) is 22.2. The van der Waals surface area contributed by atoms with E-state index in [4.69, 9.17) is 35.0 Å². The molecule has 10 N–H and O–H groups in total. The minimum absolute atomic E-state index is 0.00229. The van der Waals surface area contributed by atoms with Crippen LogP contribution in [0.15, 0.2) is 79.0 Å². The molecule has 4 saturated carbocycles. The second-order valence-electron chi connectivity index (χ2n) is 28.5. The maximum atomic E-state index is 14.0. The Balaban J connectivity index is 0.698. The van der Waals surface area contributed by atoms with Crippen molar-refractivity contribution in [3.63, 3.8) is 0 Å². The molecule has 29 nitrogen and oxygen atoms in total. The summed E-state index contributed by atoms with van der Waals surface area (Å²) in [5.41, 5.74) is 9.82. The number of imide groups is 1. The number of carbonyl (C=O) groups excluding carboxylic acids is 7. The van der Waals surface area contributed by atoms with Crippen molar-refractivity contribution in [1.29, 1.82) is 0 Å². The number of nitrogens with zero attached hydrogens (tertiary/aromatic N) is 9. The molecule has 0 spiro atoms. The molecule has 2 unspecified atom stereocenters. The topological polar surface area (TPSA) is 390 Å². The number of rotatable bonds is 32. The molecule has 6 aliphatic rings. The summed E-state index contributed by atoms with van der Waals surface area (Å²) in [5.74, 6) is -2.52. The number of aliphatic hydroxyl groups excluding tert-OH is 2. The van der Waals surface area contributed by atoms with Crippen LogP contribution in [0, 0.1) is 36.0 Å². The molecule has 6 heterocycles. The number of carboxylic acid groups (broad SMARTS) is 1. The van der Waals surface area contributed by atoms with E-state index in [1.807, 2.05) is 53.8 Å². The fourth-order valence-corrected chi connectivity index (χ4v) is 17.2. The van der Waals surface area contributed by atoms with Gasteiger partial charge in [-0.15, -0.1) is 10.2 Å². The third kappa shape index (κ3) is 16.8. The van der Waals surface area contributed by atoms with Crippen molar-refractivity contribution in [2.75, 3.05) is 74.7 Å². The molecular formula is C71H89N15O14S. The monoisotopic (exact) mass is 1410 g/mol. The number of thiazole rings is 1. The summed E-state index contributed by atoms with van der Waals surface area (Å²) >= 11 is 1.54. The number of carbonyl (C=O) groups is 8. The van der Waals surface area contributed by atoms with Gasteiger partial charge in [-0.2, -0.15) is 5.10 Å². The lowest BCUT2D eigenvalue weighted by molar-refractivity contribution is -0.249. The molecule has 6 aromatic rings. The summed E-state index contributed by atoms with van der Waals surface area (Å²) < 4.78 is 21.4. The number of nitrogens with two attached hydrogens (primary N) is 1. The van der Waals surface area contributed by atoms with E-state index in [9.17, 15) is 53.7 Å². The maximum absolute atomic E-state index is 14.0. The van der Waals surface area contributed by atoms with Crippen LogP contribution < -0.4 is 37.2 Å². The number of anilines is 5. The van der Waals surface area contributed by atoms with Gasteiger partial charge in [-0.3, -0.25) is 38.5 Å². The van der Waals surface area contributed by atoms with Gasteiger partial charge in [0.05, 0.1) is 67.6 Å². The van der Waals surface area contributed by atoms with Crippen molar-refractivity contribution < 1.29 is 67.9 Å². The van der Waals surface area contributed by atoms with Gasteiger partial charge in [-0.1, -0.05) is 63.3 Å². The summed E-state index contributed by atoms with van der Waals surface area (Å²) in [6.07, 6.45) is 10.2. The number of amides is 8. The molecule has 12 rings (SSSR count). The molecule has 4 aromatic heterocycles. The van der Waals surface area contributed by atoms with Crippen LogP contribution in [0.5, 0.6) is 0 Å². The number of hydrogen-bond acceptors (Lipinski definition) is 21. The number of para-hydroxylation sites is 1. The molecule has 6 atom stereocenters. The number of hydrogen-bond donors (Lipinski definition) is 9. The number of nitrogens with one attached hydrogen (secondary N) is 5. The molecule has 2 aromatic carbocycles. The Morgan fingerprint density at radius 2 is 1.56 bits per heavy atom. The summed E-state index contributed by atoms with van der Waals surface area (Å²) in [6.45, 7) is 12.1. The van der Waals surface area contributed by atoms with Gasteiger partial charge in [0.1, 0.15) is 24.5 Å². The van der Waals surface area contributed by atoms with Crippen LogP contribution in [0.4, 0.5) is 37.9 Å². The minimum atomic E-state index is -1.17. The fourth-order valence-electron chi connectivity index (χ4n) is 16.3. The molecule has 4 fully saturated rings. The smallest absolute Gasteiger partial charge is 0.410 e. The largest absolute Gasteiger partial charge is 0.476 e. The van der Waals surface area contributed by atoms with Crippen LogP contribution in [0.1, 0.15) is 125 Å². The summed E-state index contributed by atoms with van der Waals surface area (Å²) in [5, 5.41) is 60.6. The number of primary amides is 1. The summed E-state index contributed by atoms with van der Waals surface area (Å²) in [4.78, 5) is 117. The first-order valence-electron chi connectivity index (χ1n) is 34.3. The van der Waals surface area contributed by atoms with Crippen molar-refractivity contribution in [2.45, 2.75) is 149 Å². The highest BCUT2D eigenvalue weighted by molar-refractivity contribution is 7.22. The Hall–Kier alpha value is -9.49. The first-order valence-corrected chi connectivity index (χ1v) is 35.1. The lowest BCUT2D eigenvalue weighted by Gasteiger charge is -2.69. The molecule has 4 bridgehead atoms. The van der Waals surface area contributed by atoms with Gasteiger partial charge in [-0.25, -0.2) is 24.4 Å². The van der Waals surface area contributed by atoms with E-state index in [1.54, 1.807) is 50.4 Å². The van der Waals surface area contributed by atoms with E-state index in [-0.39, 0.29) is 87.3 Å². The number of carboxylic acids is 1. The Bertz CT molecular complexity index is 4070. The van der Waals surface area contributed by atoms with Gasteiger partial charge < -0.3 is 66.7 Å². The van der Waals surface area contributed by atoms with Crippen molar-refractivity contribution in [3.8, 4) is 11.1 Å². The quantitative estimate of drug-likeness (QED) is 0.0152. The third-order valence-electron chi connectivity index (χ3n) is 19.9. The standard InChI is InChI=1S/C71H89N15O14S/c1-42(2)58(79-55(89)23-28-98-29-26-85-56(90)21-22-57(85)91)63(93)76-52(13-9-24-73-65(72)96)62(92)75-46-17-15-45(16-18-46)34-99-67(97)83(47(32-87)33-88)27-30-100-71-38-68(5)35-69(6,39-71)37-70(36-68,40-71)41-86-44(4)50(31-74-86)49-19-20-54(78-59(49)64(94)95)84-25-10-11-48-43(3)60(81-82-61(48)84)80-66-77-51-12-7-8-14-53(51)101-66/h7-8,12,14-22,31,42,47,52,58,87-88H,9-11,13,23-30,32-41H2,1-6H3,(H,75,92)(H,76,93)(H,79,89)(H,94,95)(H3,72,73,96)(H,77,80,81)/t52-,58-,68-,69+,70?,71?/m0/s1. The number of fused-ring (bicyclic) bond motifs is 2. The van der Waals surface area contributed by atoms with Crippen molar-refractivity contribution >= 4 is 97.5 Å². The van der Waals surface area contributed by atoms with Gasteiger partial charge in [0, 0.05) is 78.4 Å². The van der Waals surface area contributed by atoms with Gasteiger partial charge in [0.2, 0.25) is 17.7 Å². The molecular weight excluding hydrogens is 1320 g/mol. The van der Waals surface area contributed by atoms with E-state index >= 15 is 0 Å². The zero-order chi connectivity index (χ0) is 72.0. The number of pyridine rings is 1. The average Bonchev–Trinajstić information content (AvgIpc) is 1.03. The number of aliphatic hydroxyl groups is 2. The van der Waals surface area contributed by atoms with Gasteiger partial charge in [-0.05, 0) is 142 Å². The van der Waals surface area contributed by atoms with E-state index in [2.05, 4.69) is 50.6 Å². The number of urea groups is 1. The van der Waals surface area contributed by atoms with Gasteiger partial charge in [0.15, 0.2) is 22.5 Å². The fraction of sp³-hybridized carbons (Fsp3) is 0.507. The first kappa shape index (κ1) is 72.8. The predicted molar refractivity (Wildman–Crippen MR) is 374 cm³/mol. The Morgan fingerprint density at radius 1 is 0.832 bits per heavy atom. The lowest BCUT2D eigenvalue weighted by Crippen LogP contribution is -2.64. The van der Waals surface area contributed by atoms with Gasteiger partial charge in [0.25, 0.3) is 11.8 Å². The molecule has 4 aliphatic carbocycles. The number of aromatic carboxylic acids is 1. The first-order chi connectivity index (χ1) is 48.3. The molecule has 8 amide bonds. The second-order valence-corrected chi connectivity index (χ2v) is 29.5. The lowest BCUT2D eigenvalue weighted by atomic mass is 9.39. The molecule has 538 valence electrons. The van der Waals surface area contributed by atoms with E-state index in [0.29, 0.717) is 58.1 Å². The van der Waals surface area contributed by atoms with E-state index in [0.717, 1.165) is 95.5 Å². The second kappa shape index (κ2) is 30.8. The molecule has 2 aliphatic heterocycles. The SMILES string of the molecule is Cc1c(Nc2nc3ccccc3s2)nnc2c1CCCN2c1ccc(-c2cnn(CC34CC5(OCCN(C(=O)OCc6ccc(NC(=O)[C@H](CCCNC(N)=O)NC(=O)[C@@H](NC(=O)CCOCCN7C(=O)C=CC7=O)C(C)C)cc6)C(CO)CO)C[C@](C)(C3)C[C@](C)(C4)C5)c2C)c(C(=O)O)n1. The van der Waals surface area contributed by atoms with Crippen molar-refractivity contribution in [3.05, 3.63) is 107 Å². The zero-order valence-electron chi connectivity index (χ0n) is 57.7. The molecule has 0 radical (unpaired) electrons. The molecule has 30 heteroatoms. The van der Waals surface area contributed by atoms with E-state index in [1.165, 1.54) is 16.2 Å². The minimum Gasteiger partial charge on any atom is -0.476 e. The number of benzene rings is 2. The van der Waals surface area contributed by atoms with Crippen LogP contribution in [0.3, 0.4) is 0 Å². The summed E-state index contributed by atoms with van der Waals surface area (Å²) in [7, 11) is 0. The molecule has 101 heavy (non-hydrogen) atoms. The van der Waals surface area contributed by atoms with Crippen LogP contribution in [0.25, 0.3) is 21.3 Å².